The SMILES string of the molecule is COC(=O)C1CCN(C(=O)Cc2c(C)[nH]c3ccc(F)cc23)CC1. The highest BCUT2D eigenvalue weighted by Crippen LogP contribution is 2.25. The topological polar surface area (TPSA) is 62.4 Å². The van der Waals surface area contributed by atoms with Gasteiger partial charge >= 0.3 is 5.97 Å². The summed E-state index contributed by atoms with van der Waals surface area (Å²) in [5.41, 5.74) is 2.55. The van der Waals surface area contributed by atoms with Gasteiger partial charge in [0.2, 0.25) is 5.91 Å². The Balaban J connectivity index is 1.71. The molecule has 1 aliphatic rings. The summed E-state index contributed by atoms with van der Waals surface area (Å²) >= 11 is 0. The van der Waals surface area contributed by atoms with Gasteiger partial charge in [-0.3, -0.25) is 9.59 Å². The summed E-state index contributed by atoms with van der Waals surface area (Å²) in [5.74, 6) is -0.631. The minimum Gasteiger partial charge on any atom is -0.469 e. The van der Waals surface area contributed by atoms with Crippen LogP contribution in [0.2, 0.25) is 0 Å². The second-order valence-electron chi connectivity index (χ2n) is 6.27. The number of nitrogens with zero attached hydrogens (tertiary/aromatic N) is 1. The predicted molar refractivity (Wildman–Crippen MR) is 88.0 cm³/mol. The Bertz CT molecular complexity index is 776. The highest BCUT2D eigenvalue weighted by Gasteiger charge is 2.28. The number of fused-ring (bicyclic) bond motifs is 1. The summed E-state index contributed by atoms with van der Waals surface area (Å²) in [5, 5.41) is 0.755. The lowest BCUT2D eigenvalue weighted by molar-refractivity contribution is -0.148. The first kappa shape index (κ1) is 16.5. The number of ether oxygens (including phenoxy) is 1. The molecule has 0 atom stereocenters. The molecule has 2 heterocycles. The second-order valence-corrected chi connectivity index (χ2v) is 6.27. The first-order valence-electron chi connectivity index (χ1n) is 8.12. The summed E-state index contributed by atoms with van der Waals surface area (Å²) in [6, 6.07) is 4.56. The average molecular weight is 332 g/mol. The molecule has 24 heavy (non-hydrogen) atoms. The van der Waals surface area contributed by atoms with Gasteiger partial charge in [-0.2, -0.15) is 0 Å². The number of piperidine rings is 1. The van der Waals surface area contributed by atoms with Crippen LogP contribution < -0.4 is 0 Å². The predicted octanol–water partition coefficient (Wildman–Crippen LogP) is 2.57. The Kier molecular flexibility index (Phi) is 4.55. The van der Waals surface area contributed by atoms with Crippen LogP contribution in [0.5, 0.6) is 0 Å². The fourth-order valence-electron chi connectivity index (χ4n) is 3.38. The molecule has 6 heteroatoms. The van der Waals surface area contributed by atoms with Crippen LogP contribution in [0.25, 0.3) is 10.9 Å². The van der Waals surface area contributed by atoms with E-state index in [9.17, 15) is 14.0 Å². The third-order valence-corrected chi connectivity index (χ3v) is 4.79. The smallest absolute Gasteiger partial charge is 0.308 e. The van der Waals surface area contributed by atoms with Gasteiger partial charge in [-0.1, -0.05) is 0 Å². The van der Waals surface area contributed by atoms with Gasteiger partial charge in [0.25, 0.3) is 0 Å². The number of hydrogen-bond acceptors (Lipinski definition) is 3. The zero-order chi connectivity index (χ0) is 17.3. The van der Waals surface area contributed by atoms with E-state index in [1.54, 1.807) is 11.0 Å². The number of rotatable bonds is 3. The largest absolute Gasteiger partial charge is 0.469 e. The van der Waals surface area contributed by atoms with Crippen molar-refractivity contribution in [2.24, 2.45) is 5.92 Å². The fourth-order valence-corrected chi connectivity index (χ4v) is 3.38. The van der Waals surface area contributed by atoms with E-state index in [4.69, 9.17) is 4.74 Å². The molecule has 0 bridgehead atoms. The molecule has 1 N–H and O–H groups in total. The van der Waals surface area contributed by atoms with E-state index in [0.717, 1.165) is 22.2 Å². The molecule has 1 aromatic heterocycles. The standard InChI is InChI=1S/C18H21FN2O3/c1-11-14(15-9-13(19)3-4-16(15)20-11)10-17(22)21-7-5-12(6-8-21)18(23)24-2/h3-4,9,12,20H,5-8,10H2,1-2H3. The normalized spacial score (nSPS) is 15.7. The number of amides is 1. The van der Waals surface area contributed by atoms with E-state index in [1.807, 2.05) is 6.92 Å². The maximum Gasteiger partial charge on any atom is 0.308 e. The summed E-state index contributed by atoms with van der Waals surface area (Å²) in [6.07, 6.45) is 1.48. The maximum absolute atomic E-state index is 13.5. The van der Waals surface area contributed by atoms with Gasteiger partial charge in [0.05, 0.1) is 19.4 Å². The van der Waals surface area contributed by atoms with Gasteiger partial charge in [0.1, 0.15) is 5.82 Å². The Hall–Kier alpha value is -2.37. The summed E-state index contributed by atoms with van der Waals surface area (Å²) in [6.45, 7) is 2.99. The van der Waals surface area contributed by atoms with Crippen molar-refractivity contribution in [3.8, 4) is 0 Å². The van der Waals surface area contributed by atoms with Gasteiger partial charge in [-0.05, 0) is 43.5 Å². The van der Waals surface area contributed by atoms with Gasteiger partial charge < -0.3 is 14.6 Å². The van der Waals surface area contributed by atoms with Crippen LogP contribution in [-0.4, -0.2) is 42.0 Å². The number of aromatic amines is 1. The van der Waals surface area contributed by atoms with Crippen molar-refractivity contribution >= 4 is 22.8 Å². The molecule has 1 amide bonds. The van der Waals surface area contributed by atoms with Crippen LogP contribution in [0.4, 0.5) is 4.39 Å². The zero-order valence-corrected chi connectivity index (χ0v) is 13.9. The third kappa shape index (κ3) is 3.13. The van der Waals surface area contributed by atoms with Gasteiger partial charge in [-0.15, -0.1) is 0 Å². The second kappa shape index (κ2) is 6.63. The number of likely N-dealkylation sites (tertiary alicyclic amines) is 1. The lowest BCUT2D eigenvalue weighted by Gasteiger charge is -2.30. The van der Waals surface area contributed by atoms with Crippen molar-refractivity contribution < 1.29 is 18.7 Å². The number of halogens is 1. The van der Waals surface area contributed by atoms with Crippen LogP contribution in [-0.2, 0) is 20.7 Å². The van der Waals surface area contributed by atoms with E-state index >= 15 is 0 Å². The summed E-state index contributed by atoms with van der Waals surface area (Å²) in [4.78, 5) is 29.1. The van der Waals surface area contributed by atoms with Crippen LogP contribution >= 0.6 is 0 Å². The highest BCUT2D eigenvalue weighted by molar-refractivity contribution is 5.90. The lowest BCUT2D eigenvalue weighted by atomic mass is 9.96. The van der Waals surface area contributed by atoms with Crippen LogP contribution in [0, 0.1) is 18.7 Å². The summed E-state index contributed by atoms with van der Waals surface area (Å²) in [7, 11) is 1.39. The minimum atomic E-state index is -0.311. The number of methoxy groups -OCH3 is 1. The molecule has 0 unspecified atom stereocenters. The Morgan fingerprint density at radius 2 is 2.04 bits per heavy atom. The number of aryl methyl sites for hydroxylation is 1. The maximum atomic E-state index is 13.5. The van der Waals surface area contributed by atoms with E-state index in [1.165, 1.54) is 19.2 Å². The monoisotopic (exact) mass is 332 g/mol. The van der Waals surface area contributed by atoms with Crippen molar-refractivity contribution in [1.29, 1.82) is 0 Å². The van der Waals surface area contributed by atoms with Crippen LogP contribution in [0.1, 0.15) is 24.1 Å². The minimum absolute atomic E-state index is 0.00609. The Labute approximate surface area is 139 Å². The molecular formula is C18H21FN2O3. The highest BCUT2D eigenvalue weighted by atomic mass is 19.1. The van der Waals surface area contributed by atoms with Gasteiger partial charge in [-0.25, -0.2) is 4.39 Å². The van der Waals surface area contributed by atoms with Crippen molar-refractivity contribution in [3.63, 3.8) is 0 Å². The first-order chi connectivity index (χ1) is 11.5. The quantitative estimate of drug-likeness (QED) is 0.879. The molecular weight excluding hydrogens is 311 g/mol. The number of esters is 1. The van der Waals surface area contributed by atoms with Crippen molar-refractivity contribution in [3.05, 3.63) is 35.3 Å². The lowest BCUT2D eigenvalue weighted by Crippen LogP contribution is -2.41. The zero-order valence-electron chi connectivity index (χ0n) is 13.9. The number of carbonyl (C=O) groups excluding carboxylic acids is 2. The number of carbonyl (C=O) groups is 2. The molecule has 2 aromatic rings. The summed E-state index contributed by atoms with van der Waals surface area (Å²) < 4.78 is 18.3. The molecule has 0 saturated carbocycles. The third-order valence-electron chi connectivity index (χ3n) is 4.79. The van der Waals surface area contributed by atoms with Gasteiger partial charge in [0, 0.05) is 29.7 Å². The van der Waals surface area contributed by atoms with Crippen LogP contribution in [0.3, 0.4) is 0 Å². The molecule has 1 fully saturated rings. The molecule has 1 aliphatic heterocycles. The van der Waals surface area contributed by atoms with Gasteiger partial charge in [0.15, 0.2) is 0 Å². The first-order valence-corrected chi connectivity index (χ1v) is 8.12. The molecule has 1 saturated heterocycles. The van der Waals surface area contributed by atoms with Crippen molar-refractivity contribution in [2.45, 2.75) is 26.2 Å². The average Bonchev–Trinajstić information content (AvgIpc) is 2.89. The molecule has 0 aliphatic carbocycles. The van der Waals surface area contributed by atoms with Crippen molar-refractivity contribution in [2.75, 3.05) is 20.2 Å². The molecule has 1 aromatic carbocycles. The molecule has 5 nitrogen and oxygen atoms in total. The number of aromatic nitrogens is 1. The number of hydrogen-bond donors (Lipinski definition) is 1. The van der Waals surface area contributed by atoms with Crippen molar-refractivity contribution in [1.82, 2.24) is 9.88 Å². The molecule has 3 rings (SSSR count). The van der Waals surface area contributed by atoms with E-state index in [0.29, 0.717) is 25.9 Å². The molecule has 0 spiro atoms. The van der Waals surface area contributed by atoms with E-state index < -0.39 is 0 Å². The Morgan fingerprint density at radius 1 is 1.33 bits per heavy atom. The number of H-pyrrole nitrogens is 1. The van der Waals surface area contributed by atoms with E-state index in [-0.39, 0.29) is 30.0 Å². The fraction of sp³-hybridized carbons (Fsp3) is 0.444. The number of nitrogens with one attached hydrogen (secondary N) is 1. The Morgan fingerprint density at radius 3 is 2.71 bits per heavy atom. The number of benzene rings is 1. The van der Waals surface area contributed by atoms with E-state index in [2.05, 4.69) is 4.98 Å². The van der Waals surface area contributed by atoms with Crippen LogP contribution in [0.15, 0.2) is 18.2 Å². The molecule has 128 valence electrons. The molecule has 0 radical (unpaired) electrons.